The first kappa shape index (κ1) is 25.2. The van der Waals surface area contributed by atoms with Crippen LogP contribution in [0.4, 0.5) is 17.6 Å². The highest BCUT2D eigenvalue weighted by molar-refractivity contribution is 7.99. The SMILES string of the molecule is CSCC(=O)N1CC2(C1)OC(=O)c1cc(C3=NOC(c4cc(Cl)c(F)c(Cl)c4)(C(F)(F)F)C3)ccc12. The Labute approximate surface area is 216 Å². The zero-order valence-corrected chi connectivity index (χ0v) is 20.7. The number of carbonyl (C=O) groups excluding carboxylic acids is 2. The van der Waals surface area contributed by atoms with E-state index in [9.17, 15) is 27.2 Å². The van der Waals surface area contributed by atoms with Gasteiger partial charge in [0.05, 0.1) is 40.2 Å². The van der Waals surface area contributed by atoms with Gasteiger partial charge in [0.1, 0.15) is 0 Å². The Kier molecular flexibility index (Phi) is 5.96. The van der Waals surface area contributed by atoms with Gasteiger partial charge in [-0.05, 0) is 24.5 Å². The van der Waals surface area contributed by atoms with Crippen LogP contribution in [0.15, 0.2) is 35.5 Å². The molecule has 3 aliphatic heterocycles. The maximum absolute atomic E-state index is 14.3. The average Bonchev–Trinajstić information content (AvgIpc) is 3.37. The van der Waals surface area contributed by atoms with Crippen LogP contribution in [-0.2, 0) is 25.6 Å². The number of carbonyl (C=O) groups is 2. The minimum absolute atomic E-state index is 0.0730. The van der Waals surface area contributed by atoms with Gasteiger partial charge in [-0.1, -0.05) is 40.5 Å². The Bertz CT molecular complexity index is 1310. The first-order chi connectivity index (χ1) is 16.9. The van der Waals surface area contributed by atoms with Crippen LogP contribution in [0.3, 0.4) is 0 Å². The van der Waals surface area contributed by atoms with Gasteiger partial charge in [0.15, 0.2) is 11.4 Å². The van der Waals surface area contributed by atoms with Crippen molar-refractivity contribution in [2.45, 2.75) is 23.8 Å². The number of amides is 1. The normalized spacial score (nSPS) is 22.1. The van der Waals surface area contributed by atoms with Crippen LogP contribution < -0.4 is 0 Å². The molecule has 3 aliphatic rings. The molecule has 1 amide bonds. The summed E-state index contributed by atoms with van der Waals surface area (Å²) < 4.78 is 62.2. The van der Waals surface area contributed by atoms with E-state index in [1.165, 1.54) is 23.9 Å². The molecule has 1 spiro atoms. The maximum Gasteiger partial charge on any atom is 0.435 e. The molecule has 190 valence electrons. The van der Waals surface area contributed by atoms with Crippen LogP contribution in [-0.4, -0.2) is 53.8 Å². The lowest BCUT2D eigenvalue weighted by atomic mass is 9.83. The van der Waals surface area contributed by atoms with Gasteiger partial charge in [-0.25, -0.2) is 9.18 Å². The lowest BCUT2D eigenvalue weighted by Crippen LogP contribution is -2.61. The zero-order valence-electron chi connectivity index (χ0n) is 18.4. The molecule has 5 rings (SSSR count). The lowest BCUT2D eigenvalue weighted by molar-refractivity contribution is -0.275. The fourth-order valence-electron chi connectivity index (χ4n) is 4.62. The topological polar surface area (TPSA) is 68.2 Å². The van der Waals surface area contributed by atoms with E-state index in [1.54, 1.807) is 11.0 Å². The van der Waals surface area contributed by atoms with Gasteiger partial charge in [0.2, 0.25) is 5.91 Å². The van der Waals surface area contributed by atoms with Crippen molar-refractivity contribution in [2.75, 3.05) is 25.1 Å². The third kappa shape index (κ3) is 3.74. The molecule has 0 N–H and O–H groups in total. The zero-order chi connectivity index (χ0) is 26.0. The summed E-state index contributed by atoms with van der Waals surface area (Å²) in [5.74, 6) is -1.45. The molecule has 0 radical (unpaired) electrons. The number of fused-ring (bicyclic) bond motifs is 2. The van der Waals surface area contributed by atoms with Gasteiger partial charge in [0.25, 0.3) is 5.60 Å². The molecule has 6 nitrogen and oxygen atoms in total. The van der Waals surface area contributed by atoms with Crippen molar-refractivity contribution in [3.63, 3.8) is 0 Å². The largest absolute Gasteiger partial charge is 0.447 e. The van der Waals surface area contributed by atoms with Gasteiger partial charge in [-0.2, -0.15) is 24.9 Å². The van der Waals surface area contributed by atoms with E-state index in [4.69, 9.17) is 32.8 Å². The van der Waals surface area contributed by atoms with Crippen molar-refractivity contribution in [1.29, 1.82) is 0 Å². The molecule has 1 atom stereocenters. The molecule has 3 heterocycles. The van der Waals surface area contributed by atoms with Crippen molar-refractivity contribution in [3.05, 3.63) is 68.4 Å². The molecule has 0 bridgehead atoms. The highest BCUT2D eigenvalue weighted by Crippen LogP contribution is 2.50. The number of oxime groups is 1. The monoisotopic (exact) mass is 562 g/mol. The van der Waals surface area contributed by atoms with Crippen LogP contribution in [0.5, 0.6) is 0 Å². The maximum atomic E-state index is 14.3. The van der Waals surface area contributed by atoms with E-state index in [0.717, 1.165) is 12.1 Å². The number of esters is 1. The van der Waals surface area contributed by atoms with Crippen LogP contribution in [0.1, 0.15) is 33.5 Å². The number of nitrogens with zero attached hydrogens (tertiary/aromatic N) is 2. The summed E-state index contributed by atoms with van der Waals surface area (Å²) in [5.41, 5.74) is -3.53. The summed E-state index contributed by atoms with van der Waals surface area (Å²) >= 11 is 12.9. The highest BCUT2D eigenvalue weighted by Gasteiger charge is 2.63. The minimum atomic E-state index is -4.96. The van der Waals surface area contributed by atoms with E-state index in [-0.39, 0.29) is 35.8 Å². The highest BCUT2D eigenvalue weighted by atomic mass is 35.5. The van der Waals surface area contributed by atoms with Crippen molar-refractivity contribution in [1.82, 2.24) is 4.90 Å². The number of hydrogen-bond donors (Lipinski definition) is 0. The third-order valence-corrected chi connectivity index (χ3v) is 7.59. The molecule has 0 aliphatic carbocycles. The molecular weight excluding hydrogens is 547 g/mol. The summed E-state index contributed by atoms with van der Waals surface area (Å²) in [6, 6.07) is 6.12. The second-order valence-electron chi connectivity index (χ2n) is 8.71. The molecule has 13 heteroatoms. The first-order valence-electron chi connectivity index (χ1n) is 10.5. The van der Waals surface area contributed by atoms with Crippen LogP contribution in [0.2, 0.25) is 10.0 Å². The fraction of sp³-hybridized carbons (Fsp3) is 0.348. The molecular formula is C23H16Cl2F4N2O4S. The van der Waals surface area contributed by atoms with Gasteiger partial charge >= 0.3 is 12.1 Å². The Morgan fingerprint density at radius 2 is 1.86 bits per heavy atom. The van der Waals surface area contributed by atoms with E-state index >= 15 is 0 Å². The molecule has 2 aromatic rings. The fourth-order valence-corrected chi connectivity index (χ4v) is 5.54. The van der Waals surface area contributed by atoms with Crippen LogP contribution >= 0.6 is 35.0 Å². The summed E-state index contributed by atoms with van der Waals surface area (Å²) in [4.78, 5) is 31.3. The predicted octanol–water partition coefficient (Wildman–Crippen LogP) is 5.29. The summed E-state index contributed by atoms with van der Waals surface area (Å²) in [6.07, 6.45) is -3.91. The Morgan fingerprint density at radius 3 is 2.47 bits per heavy atom. The summed E-state index contributed by atoms with van der Waals surface area (Å²) in [5, 5.41) is 2.49. The van der Waals surface area contributed by atoms with Crippen molar-refractivity contribution >= 4 is 52.6 Å². The number of halogens is 6. The first-order valence-corrected chi connectivity index (χ1v) is 12.7. The Balaban J connectivity index is 1.44. The van der Waals surface area contributed by atoms with Crippen molar-refractivity contribution in [3.8, 4) is 0 Å². The smallest absolute Gasteiger partial charge is 0.435 e. The second-order valence-corrected chi connectivity index (χ2v) is 10.4. The number of alkyl halides is 3. The second kappa shape index (κ2) is 8.53. The summed E-state index contributed by atoms with van der Waals surface area (Å²) in [6.45, 7) is 0.412. The molecule has 2 aromatic carbocycles. The van der Waals surface area contributed by atoms with Gasteiger partial charge in [-0.3, -0.25) is 4.79 Å². The van der Waals surface area contributed by atoms with Gasteiger partial charge in [-0.15, -0.1) is 0 Å². The minimum Gasteiger partial charge on any atom is -0.447 e. The molecule has 36 heavy (non-hydrogen) atoms. The molecule has 1 fully saturated rings. The van der Waals surface area contributed by atoms with Crippen LogP contribution in [0, 0.1) is 5.82 Å². The average molecular weight is 563 g/mol. The quantitative estimate of drug-likeness (QED) is 0.288. The third-order valence-electron chi connectivity index (χ3n) is 6.50. The standard InChI is InChI=1S/C23H16Cl2F4N2O4S/c1-36-8-18(32)31-9-21(10-31)14-3-2-11(4-13(14)20(33)34-21)17-7-22(35-30-17,23(27,28)29)12-5-15(24)19(26)16(25)6-12/h2-6H,7-10H2,1H3. The van der Waals surface area contributed by atoms with Crippen LogP contribution in [0.25, 0.3) is 0 Å². The number of hydrogen-bond acceptors (Lipinski definition) is 6. The Hall–Kier alpha value is -2.50. The number of benzene rings is 2. The predicted molar refractivity (Wildman–Crippen MR) is 125 cm³/mol. The number of thioether (sulfide) groups is 1. The van der Waals surface area contributed by atoms with E-state index in [2.05, 4.69) is 5.16 Å². The van der Waals surface area contributed by atoms with E-state index < -0.39 is 51.2 Å². The van der Waals surface area contributed by atoms with Gasteiger partial charge in [0, 0.05) is 23.1 Å². The molecule has 1 unspecified atom stereocenters. The van der Waals surface area contributed by atoms with Crippen molar-refractivity contribution in [2.24, 2.45) is 5.16 Å². The molecule has 0 aromatic heterocycles. The summed E-state index contributed by atoms with van der Waals surface area (Å²) in [7, 11) is 0. The Morgan fingerprint density at radius 1 is 1.19 bits per heavy atom. The number of likely N-dealkylation sites (tertiary alicyclic amines) is 1. The lowest BCUT2D eigenvalue weighted by Gasteiger charge is -2.46. The number of ether oxygens (including phenoxy) is 1. The van der Waals surface area contributed by atoms with E-state index in [0.29, 0.717) is 11.3 Å². The van der Waals surface area contributed by atoms with Crippen molar-refractivity contribution < 1.29 is 36.7 Å². The van der Waals surface area contributed by atoms with E-state index in [1.807, 2.05) is 6.26 Å². The molecule has 1 saturated heterocycles. The van der Waals surface area contributed by atoms with Gasteiger partial charge < -0.3 is 14.5 Å². The number of rotatable bonds is 4. The molecule has 0 saturated carbocycles.